The van der Waals surface area contributed by atoms with Gasteiger partial charge in [0.25, 0.3) is 0 Å². The first-order valence-electron chi connectivity index (χ1n) is 5.56. The van der Waals surface area contributed by atoms with Gasteiger partial charge in [0.2, 0.25) is 0 Å². The van der Waals surface area contributed by atoms with Crippen LogP contribution in [0.4, 0.5) is 0 Å². The summed E-state index contributed by atoms with van der Waals surface area (Å²) < 4.78 is 0. The van der Waals surface area contributed by atoms with Crippen molar-refractivity contribution in [2.24, 2.45) is 10.4 Å². The number of hydrogen-bond donors (Lipinski definition) is 1. The van der Waals surface area contributed by atoms with Crippen LogP contribution in [0.15, 0.2) is 23.2 Å². The third-order valence-corrected chi connectivity index (χ3v) is 3.80. The molecule has 1 aliphatic heterocycles. The Bertz CT molecular complexity index is 450. The van der Waals surface area contributed by atoms with E-state index in [-0.39, 0.29) is 0 Å². The average Bonchev–Trinajstić information content (AvgIpc) is 2.60. The highest BCUT2D eigenvalue weighted by atomic mass is 16.3. The Morgan fingerprint density at radius 3 is 3.07 bits per heavy atom. The molecule has 0 aromatic heterocycles. The maximum Gasteiger partial charge on any atom is 0.115 e. The summed E-state index contributed by atoms with van der Waals surface area (Å²) in [6, 6.07) is 5.67. The average molecular weight is 201 g/mol. The van der Waals surface area contributed by atoms with Crippen molar-refractivity contribution in [2.75, 3.05) is 6.54 Å². The van der Waals surface area contributed by atoms with Crippen molar-refractivity contribution in [1.82, 2.24) is 0 Å². The van der Waals surface area contributed by atoms with Gasteiger partial charge in [-0.15, -0.1) is 0 Å². The summed E-state index contributed by atoms with van der Waals surface area (Å²) in [7, 11) is 0. The van der Waals surface area contributed by atoms with Crippen LogP contribution in [0.3, 0.4) is 0 Å². The second-order valence-corrected chi connectivity index (χ2v) is 4.88. The maximum atomic E-state index is 9.45. The van der Waals surface area contributed by atoms with E-state index < -0.39 is 0 Å². The van der Waals surface area contributed by atoms with E-state index in [4.69, 9.17) is 0 Å². The minimum atomic E-state index is 0.296. The number of aliphatic imine (C=N–C) groups is 1. The SMILES string of the molecule is CC12CCN=C1c1ccc(O)cc1CC2. The number of aromatic hydroxyl groups is 1. The molecule has 0 fully saturated rings. The zero-order valence-corrected chi connectivity index (χ0v) is 8.95. The molecule has 2 heteroatoms. The largest absolute Gasteiger partial charge is 0.508 e. The Morgan fingerprint density at radius 1 is 1.33 bits per heavy atom. The van der Waals surface area contributed by atoms with E-state index in [0.717, 1.165) is 13.0 Å². The van der Waals surface area contributed by atoms with Crippen molar-refractivity contribution < 1.29 is 5.11 Å². The van der Waals surface area contributed by atoms with Gasteiger partial charge < -0.3 is 5.11 Å². The van der Waals surface area contributed by atoms with Gasteiger partial charge in [-0.2, -0.15) is 0 Å². The van der Waals surface area contributed by atoms with Crippen LogP contribution in [0.1, 0.15) is 30.9 Å². The van der Waals surface area contributed by atoms with Gasteiger partial charge in [-0.25, -0.2) is 0 Å². The molecule has 1 aromatic carbocycles. The smallest absolute Gasteiger partial charge is 0.115 e. The van der Waals surface area contributed by atoms with Crippen molar-refractivity contribution in [1.29, 1.82) is 0 Å². The molecule has 15 heavy (non-hydrogen) atoms. The van der Waals surface area contributed by atoms with Gasteiger partial charge in [-0.05, 0) is 48.6 Å². The monoisotopic (exact) mass is 201 g/mol. The molecule has 0 saturated carbocycles. The second kappa shape index (κ2) is 2.84. The summed E-state index contributed by atoms with van der Waals surface area (Å²) in [6.07, 6.45) is 3.42. The molecule has 78 valence electrons. The van der Waals surface area contributed by atoms with Crippen LogP contribution >= 0.6 is 0 Å². The number of phenolic OH excluding ortho intramolecular Hbond substituents is 1. The predicted molar refractivity (Wildman–Crippen MR) is 60.6 cm³/mol. The van der Waals surface area contributed by atoms with Gasteiger partial charge in [-0.1, -0.05) is 6.92 Å². The summed E-state index contributed by atoms with van der Waals surface area (Å²) in [5, 5.41) is 9.45. The lowest BCUT2D eigenvalue weighted by atomic mass is 9.71. The molecule has 0 spiro atoms. The van der Waals surface area contributed by atoms with E-state index in [1.807, 2.05) is 12.1 Å². The number of fused-ring (bicyclic) bond motifs is 3. The number of benzene rings is 1. The first kappa shape index (κ1) is 8.96. The molecule has 1 unspecified atom stereocenters. The molecule has 0 saturated heterocycles. The topological polar surface area (TPSA) is 32.6 Å². The van der Waals surface area contributed by atoms with E-state index in [2.05, 4.69) is 11.9 Å². The van der Waals surface area contributed by atoms with Crippen LogP contribution in [0.5, 0.6) is 5.75 Å². The van der Waals surface area contributed by atoms with Crippen LogP contribution in [-0.4, -0.2) is 17.4 Å². The third-order valence-electron chi connectivity index (χ3n) is 3.80. The van der Waals surface area contributed by atoms with E-state index >= 15 is 0 Å². The summed E-state index contributed by atoms with van der Waals surface area (Å²) >= 11 is 0. The number of phenols is 1. The van der Waals surface area contributed by atoms with Gasteiger partial charge in [0, 0.05) is 17.7 Å². The number of nitrogens with zero attached hydrogens (tertiary/aromatic N) is 1. The normalized spacial score (nSPS) is 28.2. The first-order chi connectivity index (χ1) is 7.19. The van der Waals surface area contributed by atoms with Crippen molar-refractivity contribution in [3.05, 3.63) is 29.3 Å². The zero-order valence-electron chi connectivity index (χ0n) is 8.95. The van der Waals surface area contributed by atoms with E-state index in [0.29, 0.717) is 11.2 Å². The Labute approximate surface area is 89.7 Å². The van der Waals surface area contributed by atoms with E-state index in [1.54, 1.807) is 6.07 Å². The van der Waals surface area contributed by atoms with Gasteiger partial charge >= 0.3 is 0 Å². The highest BCUT2D eigenvalue weighted by Gasteiger charge is 2.38. The molecule has 1 heterocycles. The zero-order chi connectivity index (χ0) is 10.5. The summed E-state index contributed by atoms with van der Waals surface area (Å²) in [5.41, 5.74) is 4.08. The molecule has 2 aliphatic rings. The second-order valence-electron chi connectivity index (χ2n) is 4.88. The maximum absolute atomic E-state index is 9.45. The van der Waals surface area contributed by atoms with Crippen LogP contribution in [-0.2, 0) is 6.42 Å². The molecule has 1 aromatic rings. The molecule has 1 aliphatic carbocycles. The Balaban J connectivity index is 2.17. The molecule has 1 N–H and O–H groups in total. The van der Waals surface area contributed by atoms with Crippen molar-refractivity contribution in [2.45, 2.75) is 26.2 Å². The van der Waals surface area contributed by atoms with Gasteiger partial charge in [0.1, 0.15) is 5.75 Å². The highest BCUT2D eigenvalue weighted by molar-refractivity contribution is 6.07. The molecule has 1 atom stereocenters. The van der Waals surface area contributed by atoms with Crippen LogP contribution in [0.25, 0.3) is 0 Å². The summed E-state index contributed by atoms with van der Waals surface area (Å²) in [4.78, 5) is 4.64. The lowest BCUT2D eigenvalue weighted by Gasteiger charge is -2.32. The lowest BCUT2D eigenvalue weighted by molar-refractivity contribution is 0.416. The van der Waals surface area contributed by atoms with Gasteiger partial charge in [-0.3, -0.25) is 4.99 Å². The number of rotatable bonds is 0. The standard InChI is InChI=1S/C13H15NO/c1-13-5-4-9-8-10(15)2-3-11(9)12(13)14-7-6-13/h2-3,8,15H,4-7H2,1H3. The predicted octanol–water partition coefficient (Wildman–Crippen LogP) is 2.54. The summed E-state index contributed by atoms with van der Waals surface area (Å²) in [5.74, 6) is 0.371. The minimum absolute atomic E-state index is 0.296. The van der Waals surface area contributed by atoms with Crippen LogP contribution in [0, 0.1) is 5.41 Å². The third kappa shape index (κ3) is 1.21. The molecule has 0 bridgehead atoms. The van der Waals surface area contributed by atoms with E-state index in [9.17, 15) is 5.11 Å². The molecule has 0 radical (unpaired) electrons. The van der Waals surface area contributed by atoms with Gasteiger partial charge in [0.15, 0.2) is 0 Å². The van der Waals surface area contributed by atoms with E-state index in [1.165, 1.54) is 29.7 Å². The molecular weight excluding hydrogens is 186 g/mol. The summed E-state index contributed by atoms with van der Waals surface area (Å²) in [6.45, 7) is 3.28. The quantitative estimate of drug-likeness (QED) is 0.687. The van der Waals surface area contributed by atoms with Crippen molar-refractivity contribution in [3.63, 3.8) is 0 Å². The van der Waals surface area contributed by atoms with Crippen LogP contribution in [0.2, 0.25) is 0 Å². The Kier molecular flexibility index (Phi) is 1.70. The number of aryl methyl sites for hydroxylation is 1. The Hall–Kier alpha value is -1.31. The molecular formula is C13H15NO. The highest BCUT2D eigenvalue weighted by Crippen LogP contribution is 2.42. The first-order valence-corrected chi connectivity index (χ1v) is 5.56. The van der Waals surface area contributed by atoms with Crippen molar-refractivity contribution >= 4 is 5.71 Å². The number of hydrogen-bond acceptors (Lipinski definition) is 2. The minimum Gasteiger partial charge on any atom is -0.508 e. The molecule has 0 amide bonds. The molecule has 2 nitrogen and oxygen atoms in total. The van der Waals surface area contributed by atoms with Crippen molar-refractivity contribution in [3.8, 4) is 5.75 Å². The van der Waals surface area contributed by atoms with Gasteiger partial charge in [0.05, 0.1) is 0 Å². The Morgan fingerprint density at radius 2 is 2.20 bits per heavy atom. The fraction of sp³-hybridized carbons (Fsp3) is 0.462. The molecule has 3 rings (SSSR count). The lowest BCUT2D eigenvalue weighted by Crippen LogP contribution is -2.30. The fourth-order valence-electron chi connectivity index (χ4n) is 2.81. The van der Waals surface area contributed by atoms with Crippen LogP contribution < -0.4 is 0 Å². The fourth-order valence-corrected chi connectivity index (χ4v) is 2.81.